The summed E-state index contributed by atoms with van der Waals surface area (Å²) in [5, 5.41) is 3.59. The lowest BCUT2D eigenvalue weighted by atomic mass is 10.0. The minimum Gasteiger partial charge on any atom is -0.385 e. The van der Waals surface area contributed by atoms with Crippen molar-refractivity contribution in [2.24, 2.45) is 5.41 Å². The van der Waals surface area contributed by atoms with Gasteiger partial charge in [0.1, 0.15) is 0 Å². The van der Waals surface area contributed by atoms with Crippen molar-refractivity contribution in [2.45, 2.75) is 45.6 Å². The van der Waals surface area contributed by atoms with Gasteiger partial charge in [0.2, 0.25) is 0 Å². The minimum absolute atomic E-state index is 0.597. The Morgan fingerprint density at radius 1 is 1.46 bits per heavy atom. The highest BCUT2D eigenvalue weighted by atomic mass is 16.5. The van der Waals surface area contributed by atoms with E-state index in [2.05, 4.69) is 19.2 Å². The van der Waals surface area contributed by atoms with E-state index in [0.717, 1.165) is 6.61 Å². The molecule has 0 saturated heterocycles. The van der Waals surface area contributed by atoms with Gasteiger partial charge in [0.15, 0.2) is 0 Å². The Labute approximate surface area is 82.0 Å². The highest BCUT2D eigenvalue weighted by Gasteiger charge is 2.41. The normalized spacial score (nSPS) is 21.5. The first-order chi connectivity index (χ1) is 6.22. The number of hydrogen-bond donors (Lipinski definition) is 1. The Morgan fingerprint density at radius 3 is 2.62 bits per heavy atom. The van der Waals surface area contributed by atoms with Crippen molar-refractivity contribution in [1.29, 1.82) is 0 Å². The Morgan fingerprint density at radius 2 is 2.15 bits per heavy atom. The molecule has 0 bridgehead atoms. The number of nitrogens with one attached hydrogen (secondary N) is 1. The van der Waals surface area contributed by atoms with Crippen LogP contribution in [0.3, 0.4) is 0 Å². The van der Waals surface area contributed by atoms with E-state index in [1.807, 2.05) is 0 Å². The van der Waals surface area contributed by atoms with Gasteiger partial charge in [-0.05, 0) is 38.0 Å². The van der Waals surface area contributed by atoms with E-state index in [1.165, 1.54) is 32.2 Å². The van der Waals surface area contributed by atoms with Gasteiger partial charge in [-0.1, -0.05) is 6.92 Å². The Balaban J connectivity index is 2.12. The molecule has 1 aliphatic carbocycles. The predicted molar refractivity (Wildman–Crippen MR) is 55.9 cm³/mol. The molecule has 0 aliphatic heterocycles. The monoisotopic (exact) mass is 185 g/mol. The summed E-state index contributed by atoms with van der Waals surface area (Å²) >= 11 is 0. The summed E-state index contributed by atoms with van der Waals surface area (Å²) in [6.07, 6.45) is 5.23. The van der Waals surface area contributed by atoms with Gasteiger partial charge in [-0.2, -0.15) is 0 Å². The maximum Gasteiger partial charge on any atom is 0.0468 e. The molecule has 13 heavy (non-hydrogen) atoms. The fraction of sp³-hybridized carbons (Fsp3) is 1.00. The van der Waals surface area contributed by atoms with Crippen molar-refractivity contribution in [3.8, 4) is 0 Å². The largest absolute Gasteiger partial charge is 0.385 e. The summed E-state index contributed by atoms with van der Waals surface area (Å²) in [6, 6.07) is 0.667. The zero-order valence-electron chi connectivity index (χ0n) is 9.23. The molecule has 78 valence electrons. The van der Waals surface area contributed by atoms with Gasteiger partial charge < -0.3 is 10.1 Å². The van der Waals surface area contributed by atoms with Crippen LogP contribution in [-0.2, 0) is 4.74 Å². The van der Waals surface area contributed by atoms with Crippen LogP contribution in [0.15, 0.2) is 0 Å². The molecular formula is C11H23NO. The van der Waals surface area contributed by atoms with E-state index in [-0.39, 0.29) is 0 Å². The fourth-order valence-corrected chi connectivity index (χ4v) is 1.55. The second-order valence-electron chi connectivity index (χ2n) is 4.43. The van der Waals surface area contributed by atoms with Crippen LogP contribution in [0, 0.1) is 5.41 Å². The molecule has 1 rings (SSSR count). The van der Waals surface area contributed by atoms with E-state index < -0.39 is 0 Å². The average molecular weight is 185 g/mol. The smallest absolute Gasteiger partial charge is 0.0468 e. The van der Waals surface area contributed by atoms with Crippen LogP contribution in [-0.4, -0.2) is 26.3 Å². The van der Waals surface area contributed by atoms with Gasteiger partial charge >= 0.3 is 0 Å². The van der Waals surface area contributed by atoms with Crippen molar-refractivity contribution >= 4 is 0 Å². The van der Waals surface area contributed by atoms with E-state index in [4.69, 9.17) is 4.74 Å². The molecule has 1 fully saturated rings. The molecule has 0 amide bonds. The molecule has 0 radical (unpaired) electrons. The van der Waals surface area contributed by atoms with Gasteiger partial charge in [-0.15, -0.1) is 0 Å². The zero-order valence-corrected chi connectivity index (χ0v) is 9.23. The van der Waals surface area contributed by atoms with Crippen LogP contribution in [0.5, 0.6) is 0 Å². The third-order valence-electron chi connectivity index (χ3n) is 3.23. The van der Waals surface area contributed by atoms with Crippen LogP contribution in [0.1, 0.15) is 39.5 Å². The van der Waals surface area contributed by atoms with Crippen LogP contribution in [0.4, 0.5) is 0 Å². The third kappa shape index (κ3) is 3.65. The van der Waals surface area contributed by atoms with Crippen molar-refractivity contribution in [3.63, 3.8) is 0 Å². The fourth-order valence-electron chi connectivity index (χ4n) is 1.55. The topological polar surface area (TPSA) is 21.3 Å². The maximum absolute atomic E-state index is 5.12. The predicted octanol–water partition coefficient (Wildman–Crippen LogP) is 2.19. The van der Waals surface area contributed by atoms with E-state index in [0.29, 0.717) is 11.5 Å². The molecule has 0 aromatic carbocycles. The lowest BCUT2D eigenvalue weighted by molar-refractivity contribution is 0.170. The van der Waals surface area contributed by atoms with Gasteiger partial charge in [0.25, 0.3) is 0 Å². The summed E-state index contributed by atoms with van der Waals surface area (Å²) in [5.41, 5.74) is 0.597. The van der Waals surface area contributed by atoms with Gasteiger partial charge in [-0.25, -0.2) is 0 Å². The molecule has 1 N–H and O–H groups in total. The first-order valence-electron chi connectivity index (χ1n) is 5.45. The maximum atomic E-state index is 5.12. The summed E-state index contributed by atoms with van der Waals surface area (Å²) < 4.78 is 5.12. The first-order valence-corrected chi connectivity index (χ1v) is 5.45. The Bertz CT molecular complexity index is 143. The highest BCUT2D eigenvalue weighted by Crippen LogP contribution is 2.48. The molecule has 1 unspecified atom stereocenters. The summed E-state index contributed by atoms with van der Waals surface area (Å²) in [7, 11) is 1.79. The molecule has 0 spiro atoms. The van der Waals surface area contributed by atoms with Crippen molar-refractivity contribution in [1.82, 2.24) is 5.32 Å². The second kappa shape index (κ2) is 4.97. The summed E-state index contributed by atoms with van der Waals surface area (Å²) in [4.78, 5) is 0. The van der Waals surface area contributed by atoms with Crippen molar-refractivity contribution in [3.05, 3.63) is 0 Å². The molecule has 1 atom stereocenters. The number of ether oxygens (including phenoxy) is 1. The molecule has 0 aromatic heterocycles. The molecule has 0 aromatic rings. The van der Waals surface area contributed by atoms with Gasteiger partial charge in [-0.3, -0.25) is 0 Å². The summed E-state index contributed by atoms with van der Waals surface area (Å²) in [6.45, 7) is 6.59. The van der Waals surface area contributed by atoms with Crippen LogP contribution < -0.4 is 5.32 Å². The molecule has 2 heteroatoms. The lowest BCUT2D eigenvalue weighted by Gasteiger charge is -2.18. The molecule has 2 nitrogen and oxygen atoms in total. The number of hydrogen-bond acceptors (Lipinski definition) is 2. The average Bonchev–Trinajstić information content (AvgIpc) is 2.92. The van der Waals surface area contributed by atoms with Crippen LogP contribution in [0.2, 0.25) is 0 Å². The quantitative estimate of drug-likeness (QED) is 0.656. The molecule has 1 aliphatic rings. The second-order valence-corrected chi connectivity index (χ2v) is 4.43. The third-order valence-corrected chi connectivity index (χ3v) is 3.23. The minimum atomic E-state index is 0.597. The van der Waals surface area contributed by atoms with Crippen molar-refractivity contribution < 1.29 is 4.74 Å². The standard InChI is InChI=1S/C11H23NO/c1-4-10(2)12-9-11(5-6-11)7-8-13-3/h10,12H,4-9H2,1-3H3. The zero-order chi connectivity index (χ0) is 9.73. The highest BCUT2D eigenvalue weighted by molar-refractivity contribution is 4.94. The number of rotatable bonds is 7. The van der Waals surface area contributed by atoms with Gasteiger partial charge in [0, 0.05) is 26.3 Å². The van der Waals surface area contributed by atoms with E-state index >= 15 is 0 Å². The molecule has 0 heterocycles. The lowest BCUT2D eigenvalue weighted by Crippen LogP contribution is -2.32. The van der Waals surface area contributed by atoms with E-state index in [9.17, 15) is 0 Å². The van der Waals surface area contributed by atoms with Crippen LogP contribution in [0.25, 0.3) is 0 Å². The van der Waals surface area contributed by atoms with Gasteiger partial charge in [0.05, 0.1) is 0 Å². The number of methoxy groups -OCH3 is 1. The SMILES string of the molecule is CCC(C)NCC1(CCOC)CC1. The Hall–Kier alpha value is -0.0800. The van der Waals surface area contributed by atoms with Crippen LogP contribution >= 0.6 is 0 Å². The summed E-state index contributed by atoms with van der Waals surface area (Å²) in [5.74, 6) is 0. The molecule has 1 saturated carbocycles. The van der Waals surface area contributed by atoms with E-state index in [1.54, 1.807) is 7.11 Å². The molecular weight excluding hydrogens is 162 g/mol. The first kappa shape index (κ1) is 11.0. The van der Waals surface area contributed by atoms with Crippen molar-refractivity contribution in [2.75, 3.05) is 20.3 Å². The Kier molecular flexibility index (Phi) is 4.20.